The van der Waals surface area contributed by atoms with E-state index in [0.29, 0.717) is 6.54 Å². The molecule has 0 spiro atoms. The van der Waals surface area contributed by atoms with Gasteiger partial charge in [-0.05, 0) is 12.8 Å². The number of hydrogen-bond acceptors (Lipinski definition) is 3. The van der Waals surface area contributed by atoms with E-state index in [4.69, 9.17) is 10.7 Å². The average Bonchev–Trinajstić information content (AvgIpc) is 2.80. The average molecular weight is 246 g/mol. The summed E-state index contributed by atoms with van der Waals surface area (Å²) in [6.45, 7) is 2.78. The minimum atomic E-state index is 0.577. The van der Waals surface area contributed by atoms with Gasteiger partial charge in [0, 0.05) is 17.0 Å². The van der Waals surface area contributed by atoms with Crippen molar-refractivity contribution in [3.8, 4) is 11.3 Å². The van der Waals surface area contributed by atoms with Crippen molar-refractivity contribution in [2.45, 2.75) is 32.7 Å². The molecule has 0 bridgehead atoms. The zero-order valence-electron chi connectivity index (χ0n) is 10.1. The van der Waals surface area contributed by atoms with Crippen molar-refractivity contribution in [3.05, 3.63) is 40.2 Å². The van der Waals surface area contributed by atoms with Gasteiger partial charge in [0.1, 0.15) is 0 Å². The number of benzene rings is 1. The van der Waals surface area contributed by atoms with Crippen molar-refractivity contribution in [2.75, 3.05) is 0 Å². The summed E-state index contributed by atoms with van der Waals surface area (Å²) in [5, 5.41) is 1.21. The Bertz CT molecular complexity index is 462. The van der Waals surface area contributed by atoms with Gasteiger partial charge in [-0.25, -0.2) is 4.98 Å². The van der Waals surface area contributed by atoms with Gasteiger partial charge in [-0.1, -0.05) is 43.7 Å². The molecule has 1 aromatic carbocycles. The van der Waals surface area contributed by atoms with Crippen LogP contribution in [0.25, 0.3) is 11.3 Å². The first-order chi connectivity index (χ1) is 8.35. The van der Waals surface area contributed by atoms with E-state index in [1.807, 2.05) is 18.2 Å². The van der Waals surface area contributed by atoms with Crippen LogP contribution in [0, 0.1) is 0 Å². The first-order valence-electron chi connectivity index (χ1n) is 6.09. The fourth-order valence-electron chi connectivity index (χ4n) is 1.80. The third-order valence-corrected chi connectivity index (χ3v) is 3.86. The molecule has 2 aromatic rings. The van der Waals surface area contributed by atoms with E-state index in [1.54, 1.807) is 11.3 Å². The Labute approximate surface area is 107 Å². The molecule has 0 radical (unpaired) electrons. The molecule has 0 saturated carbocycles. The van der Waals surface area contributed by atoms with Crippen molar-refractivity contribution >= 4 is 11.3 Å². The van der Waals surface area contributed by atoms with Crippen molar-refractivity contribution < 1.29 is 0 Å². The van der Waals surface area contributed by atoms with Gasteiger partial charge in [-0.3, -0.25) is 0 Å². The lowest BCUT2D eigenvalue weighted by Crippen LogP contribution is -1.95. The predicted octanol–water partition coefficient (Wildman–Crippen LogP) is 3.61. The summed E-state index contributed by atoms with van der Waals surface area (Å²) in [6, 6.07) is 10.3. The first kappa shape index (κ1) is 12.3. The molecule has 0 atom stereocenters. The van der Waals surface area contributed by atoms with Crippen LogP contribution >= 0.6 is 11.3 Å². The molecule has 3 heteroatoms. The number of nitrogens with zero attached hydrogens (tertiary/aromatic N) is 1. The molecule has 0 unspecified atom stereocenters. The third-order valence-electron chi connectivity index (χ3n) is 2.72. The number of hydrogen-bond donors (Lipinski definition) is 1. The van der Waals surface area contributed by atoms with Crippen molar-refractivity contribution in [2.24, 2.45) is 5.73 Å². The van der Waals surface area contributed by atoms with Crippen LogP contribution in [0.1, 0.15) is 29.7 Å². The highest BCUT2D eigenvalue weighted by Crippen LogP contribution is 2.28. The lowest BCUT2D eigenvalue weighted by Gasteiger charge is -1.98. The molecule has 1 aromatic heterocycles. The molecule has 2 rings (SSSR count). The van der Waals surface area contributed by atoms with E-state index in [9.17, 15) is 0 Å². The molecule has 0 aliphatic heterocycles. The Kier molecular flexibility index (Phi) is 4.29. The number of rotatable bonds is 5. The molecule has 1 heterocycles. The Morgan fingerprint density at radius 2 is 2.00 bits per heavy atom. The van der Waals surface area contributed by atoms with Gasteiger partial charge in [-0.2, -0.15) is 0 Å². The predicted molar refractivity (Wildman–Crippen MR) is 74.1 cm³/mol. The Morgan fingerprint density at radius 3 is 2.65 bits per heavy atom. The van der Waals surface area contributed by atoms with Gasteiger partial charge >= 0.3 is 0 Å². The largest absolute Gasteiger partial charge is 0.326 e. The van der Waals surface area contributed by atoms with Gasteiger partial charge in [0.25, 0.3) is 0 Å². The SMILES string of the molecule is CCCCc1nc(-c2ccccc2)c(CN)s1. The van der Waals surface area contributed by atoms with Crippen LogP contribution in [-0.4, -0.2) is 4.98 Å². The summed E-state index contributed by atoms with van der Waals surface area (Å²) in [5.41, 5.74) is 8.05. The minimum Gasteiger partial charge on any atom is -0.326 e. The van der Waals surface area contributed by atoms with Crippen LogP contribution in [0.2, 0.25) is 0 Å². The second-order valence-corrected chi connectivity index (χ2v) is 5.22. The molecule has 2 N–H and O–H groups in total. The van der Waals surface area contributed by atoms with E-state index >= 15 is 0 Å². The summed E-state index contributed by atoms with van der Waals surface area (Å²) < 4.78 is 0. The summed E-state index contributed by atoms with van der Waals surface area (Å²) >= 11 is 1.76. The van der Waals surface area contributed by atoms with E-state index in [2.05, 4.69) is 19.1 Å². The van der Waals surface area contributed by atoms with E-state index in [-0.39, 0.29) is 0 Å². The van der Waals surface area contributed by atoms with Gasteiger partial charge in [0.15, 0.2) is 0 Å². The van der Waals surface area contributed by atoms with E-state index in [0.717, 1.165) is 12.1 Å². The highest BCUT2D eigenvalue weighted by atomic mass is 32.1. The third kappa shape index (κ3) is 2.93. The number of aromatic nitrogens is 1. The van der Waals surface area contributed by atoms with Crippen LogP contribution < -0.4 is 5.73 Å². The maximum atomic E-state index is 5.80. The summed E-state index contributed by atoms with van der Waals surface area (Å²) in [4.78, 5) is 5.92. The fourth-order valence-corrected chi connectivity index (χ4v) is 2.81. The quantitative estimate of drug-likeness (QED) is 0.875. The Hall–Kier alpha value is -1.19. The van der Waals surface area contributed by atoms with Crippen LogP contribution in [0.3, 0.4) is 0 Å². The molecule has 0 aliphatic carbocycles. The first-order valence-corrected chi connectivity index (χ1v) is 6.91. The summed E-state index contributed by atoms with van der Waals surface area (Å²) in [6.07, 6.45) is 3.48. The zero-order valence-corrected chi connectivity index (χ0v) is 11.0. The van der Waals surface area contributed by atoms with Crippen molar-refractivity contribution in [1.29, 1.82) is 0 Å². The fraction of sp³-hybridized carbons (Fsp3) is 0.357. The number of unbranched alkanes of at least 4 members (excludes halogenated alkanes) is 1. The maximum Gasteiger partial charge on any atom is 0.0935 e. The topological polar surface area (TPSA) is 38.9 Å². The lowest BCUT2D eigenvalue weighted by molar-refractivity contribution is 0.790. The van der Waals surface area contributed by atoms with E-state index in [1.165, 1.54) is 28.3 Å². The summed E-state index contributed by atoms with van der Waals surface area (Å²) in [7, 11) is 0. The molecular weight excluding hydrogens is 228 g/mol. The van der Waals surface area contributed by atoms with Crippen LogP contribution in [0.5, 0.6) is 0 Å². The maximum absolute atomic E-state index is 5.80. The number of nitrogens with two attached hydrogens (primary N) is 1. The van der Waals surface area contributed by atoms with Gasteiger partial charge < -0.3 is 5.73 Å². The normalized spacial score (nSPS) is 10.7. The van der Waals surface area contributed by atoms with Gasteiger partial charge in [0.2, 0.25) is 0 Å². The molecule has 0 fully saturated rings. The van der Waals surface area contributed by atoms with Crippen molar-refractivity contribution in [3.63, 3.8) is 0 Å². The Morgan fingerprint density at radius 1 is 1.24 bits per heavy atom. The minimum absolute atomic E-state index is 0.577. The monoisotopic (exact) mass is 246 g/mol. The Balaban J connectivity index is 2.30. The number of thiazole rings is 1. The lowest BCUT2D eigenvalue weighted by atomic mass is 10.1. The zero-order chi connectivity index (χ0) is 12.1. The molecule has 17 heavy (non-hydrogen) atoms. The molecule has 0 aliphatic rings. The van der Waals surface area contributed by atoms with Crippen LogP contribution in [0.15, 0.2) is 30.3 Å². The van der Waals surface area contributed by atoms with Gasteiger partial charge in [-0.15, -0.1) is 11.3 Å². The van der Waals surface area contributed by atoms with Crippen LogP contribution in [-0.2, 0) is 13.0 Å². The molecular formula is C14H18N2S. The van der Waals surface area contributed by atoms with E-state index < -0.39 is 0 Å². The molecule has 0 saturated heterocycles. The second-order valence-electron chi connectivity index (χ2n) is 4.05. The molecule has 90 valence electrons. The molecule has 0 amide bonds. The smallest absolute Gasteiger partial charge is 0.0935 e. The highest BCUT2D eigenvalue weighted by molar-refractivity contribution is 7.12. The highest BCUT2D eigenvalue weighted by Gasteiger charge is 2.11. The van der Waals surface area contributed by atoms with Gasteiger partial charge in [0.05, 0.1) is 10.7 Å². The summed E-state index contributed by atoms with van der Waals surface area (Å²) in [5.74, 6) is 0. The van der Waals surface area contributed by atoms with Crippen molar-refractivity contribution in [1.82, 2.24) is 4.98 Å². The molecule has 2 nitrogen and oxygen atoms in total. The number of aryl methyl sites for hydroxylation is 1. The van der Waals surface area contributed by atoms with Crippen LogP contribution in [0.4, 0.5) is 0 Å². The standard InChI is InChI=1S/C14H18N2S/c1-2-3-9-13-16-14(12(10-15)17-13)11-7-5-4-6-8-11/h4-8H,2-3,9-10,15H2,1H3. The second kappa shape index (κ2) is 5.94.